The smallest absolute Gasteiger partial charge is 0.0543 e. The maximum absolute atomic E-state index is 10.2. The third-order valence-corrected chi connectivity index (χ3v) is 10.7. The molecule has 0 heterocycles. The average molecular weight is 390 g/mol. The highest BCUT2D eigenvalue weighted by atomic mass is 16.3. The zero-order valence-corrected chi connectivity index (χ0v) is 19.4. The largest absolute Gasteiger partial charge is 0.393 e. The molecule has 0 aliphatic heterocycles. The van der Waals surface area contributed by atoms with Crippen LogP contribution in [-0.4, -0.2) is 36.8 Å². The van der Waals surface area contributed by atoms with E-state index in [1.54, 1.807) is 0 Å². The molecule has 1 N–H and O–H groups in total. The van der Waals surface area contributed by atoms with Gasteiger partial charge in [-0.3, -0.25) is 0 Å². The summed E-state index contributed by atoms with van der Waals surface area (Å²) in [7, 11) is 4.42. The Bertz CT molecular complexity index is 547. The number of hydrogen-bond acceptors (Lipinski definition) is 2. The van der Waals surface area contributed by atoms with Crippen molar-refractivity contribution in [1.29, 1.82) is 0 Å². The lowest BCUT2D eigenvalue weighted by molar-refractivity contribution is -0.129. The highest BCUT2D eigenvalue weighted by Crippen LogP contribution is 2.68. The van der Waals surface area contributed by atoms with Crippen LogP contribution in [0.3, 0.4) is 0 Å². The predicted octanol–water partition coefficient (Wildman–Crippen LogP) is 5.98. The van der Waals surface area contributed by atoms with Gasteiger partial charge in [0.1, 0.15) is 0 Å². The lowest BCUT2D eigenvalue weighted by atomic mass is 9.44. The summed E-state index contributed by atoms with van der Waals surface area (Å²) in [4.78, 5) is 2.34. The predicted molar refractivity (Wildman–Crippen MR) is 118 cm³/mol. The van der Waals surface area contributed by atoms with Crippen molar-refractivity contribution in [1.82, 2.24) is 4.90 Å². The van der Waals surface area contributed by atoms with Crippen molar-refractivity contribution < 1.29 is 5.11 Å². The van der Waals surface area contributed by atoms with Crippen LogP contribution in [-0.2, 0) is 0 Å². The molecular weight excluding hydrogens is 342 g/mol. The summed E-state index contributed by atoms with van der Waals surface area (Å²) < 4.78 is 0. The molecule has 0 aromatic rings. The fourth-order valence-corrected chi connectivity index (χ4v) is 9.14. The molecule has 0 radical (unpaired) electrons. The molecular formula is C26H47NO. The molecule has 4 saturated carbocycles. The third-order valence-electron chi connectivity index (χ3n) is 10.7. The van der Waals surface area contributed by atoms with Gasteiger partial charge in [0.2, 0.25) is 0 Å². The van der Waals surface area contributed by atoms with Gasteiger partial charge in [-0.25, -0.2) is 0 Å². The first kappa shape index (κ1) is 21.2. The fraction of sp³-hybridized carbons (Fsp3) is 1.00. The second-order valence-electron chi connectivity index (χ2n) is 12.2. The number of fused-ring (bicyclic) bond motifs is 5. The van der Waals surface area contributed by atoms with Gasteiger partial charge in [-0.05, 0) is 138 Å². The first-order chi connectivity index (χ1) is 13.3. The van der Waals surface area contributed by atoms with Crippen molar-refractivity contribution in [3.8, 4) is 0 Å². The Balaban J connectivity index is 1.46. The lowest BCUT2D eigenvalue weighted by Gasteiger charge is -2.61. The van der Waals surface area contributed by atoms with Crippen LogP contribution in [0.4, 0.5) is 0 Å². The summed E-state index contributed by atoms with van der Waals surface area (Å²) in [5.74, 6) is 5.55. The average Bonchev–Trinajstić information content (AvgIpc) is 2.99. The minimum absolute atomic E-state index is 0.0117. The number of hydrogen-bond donors (Lipinski definition) is 1. The van der Waals surface area contributed by atoms with Gasteiger partial charge in [-0.1, -0.05) is 20.8 Å². The maximum atomic E-state index is 10.2. The van der Waals surface area contributed by atoms with E-state index in [9.17, 15) is 5.11 Å². The maximum Gasteiger partial charge on any atom is 0.0543 e. The molecule has 4 aliphatic carbocycles. The zero-order valence-electron chi connectivity index (χ0n) is 19.4. The number of nitrogens with zero attached hydrogens (tertiary/aromatic N) is 1. The van der Waals surface area contributed by atoms with E-state index < -0.39 is 0 Å². The van der Waals surface area contributed by atoms with E-state index in [0.717, 1.165) is 48.3 Å². The second kappa shape index (κ2) is 7.88. The van der Waals surface area contributed by atoms with Crippen LogP contribution in [0.1, 0.15) is 91.4 Å². The Hall–Kier alpha value is -0.0800. The molecule has 0 aromatic carbocycles. The summed E-state index contributed by atoms with van der Waals surface area (Å²) >= 11 is 0. The number of aliphatic hydroxyl groups excluding tert-OH is 1. The normalized spacial score (nSPS) is 49.4. The van der Waals surface area contributed by atoms with Crippen LogP contribution in [0.15, 0.2) is 0 Å². The van der Waals surface area contributed by atoms with Gasteiger partial charge in [0.15, 0.2) is 0 Å². The summed E-state index contributed by atoms with van der Waals surface area (Å²) in [5.41, 5.74) is 1.13. The molecule has 0 saturated heterocycles. The van der Waals surface area contributed by atoms with Crippen molar-refractivity contribution in [3.05, 3.63) is 0 Å². The van der Waals surface area contributed by atoms with E-state index in [1.807, 2.05) is 0 Å². The molecule has 0 amide bonds. The Labute approximate surface area is 174 Å². The van der Waals surface area contributed by atoms with Crippen LogP contribution in [0.2, 0.25) is 0 Å². The summed E-state index contributed by atoms with van der Waals surface area (Å²) in [6.45, 7) is 9.14. The standard InChI is InChI=1S/C26H47NO/c1-18(7-6-16-27(4)5)22-10-11-23-21-9-8-19-17-20(28)12-14-25(19,2)24(21)13-15-26(22,23)3/h18-24,28H,6-17H2,1-5H3. The first-order valence-electron chi connectivity index (χ1n) is 12.6. The van der Waals surface area contributed by atoms with Gasteiger partial charge >= 0.3 is 0 Å². The second-order valence-corrected chi connectivity index (χ2v) is 12.2. The Morgan fingerprint density at radius 3 is 2.39 bits per heavy atom. The number of aliphatic hydroxyl groups is 1. The quantitative estimate of drug-likeness (QED) is 0.625. The van der Waals surface area contributed by atoms with E-state index in [4.69, 9.17) is 0 Å². The van der Waals surface area contributed by atoms with E-state index in [2.05, 4.69) is 39.8 Å². The van der Waals surface area contributed by atoms with Crippen LogP contribution in [0, 0.1) is 46.3 Å². The van der Waals surface area contributed by atoms with Gasteiger partial charge in [0.25, 0.3) is 0 Å². The van der Waals surface area contributed by atoms with Gasteiger partial charge in [0, 0.05) is 0 Å². The Morgan fingerprint density at radius 1 is 0.929 bits per heavy atom. The summed E-state index contributed by atoms with van der Waals surface area (Å²) in [6, 6.07) is 0. The van der Waals surface area contributed by atoms with Gasteiger partial charge in [-0.15, -0.1) is 0 Å². The van der Waals surface area contributed by atoms with E-state index in [-0.39, 0.29) is 6.10 Å². The van der Waals surface area contributed by atoms with Crippen LogP contribution in [0.25, 0.3) is 0 Å². The monoisotopic (exact) mass is 389 g/mol. The molecule has 2 heteroatoms. The van der Waals surface area contributed by atoms with Crippen LogP contribution < -0.4 is 0 Å². The lowest BCUT2D eigenvalue weighted by Crippen LogP contribution is -2.54. The van der Waals surface area contributed by atoms with Gasteiger partial charge in [0.05, 0.1) is 6.10 Å². The first-order valence-corrected chi connectivity index (χ1v) is 12.6. The van der Waals surface area contributed by atoms with Crippen LogP contribution in [0.5, 0.6) is 0 Å². The fourth-order valence-electron chi connectivity index (χ4n) is 9.14. The number of rotatable bonds is 5. The van der Waals surface area contributed by atoms with Crippen molar-refractivity contribution in [2.45, 2.75) is 97.5 Å². The van der Waals surface area contributed by atoms with Gasteiger partial charge in [-0.2, -0.15) is 0 Å². The minimum Gasteiger partial charge on any atom is -0.393 e. The molecule has 2 nitrogen and oxygen atoms in total. The van der Waals surface area contributed by atoms with Crippen LogP contribution >= 0.6 is 0 Å². The highest BCUT2D eigenvalue weighted by Gasteiger charge is 2.60. The zero-order chi connectivity index (χ0) is 20.1. The molecule has 0 spiro atoms. The topological polar surface area (TPSA) is 23.5 Å². The van der Waals surface area contributed by atoms with Crippen molar-refractivity contribution >= 4 is 0 Å². The van der Waals surface area contributed by atoms with E-state index in [1.165, 1.54) is 64.3 Å². The molecule has 0 aromatic heterocycles. The van der Waals surface area contributed by atoms with Crippen molar-refractivity contribution in [2.24, 2.45) is 46.3 Å². The summed E-state index contributed by atoms with van der Waals surface area (Å²) in [5, 5.41) is 10.2. The minimum atomic E-state index is -0.0117. The SMILES string of the molecule is CC(CCCN(C)C)C1CCC2C3CCC4CC(O)CCC4(C)C3CCC12C. The summed E-state index contributed by atoms with van der Waals surface area (Å²) in [6.07, 6.45) is 15.0. The molecule has 9 unspecified atom stereocenters. The van der Waals surface area contributed by atoms with Crippen molar-refractivity contribution in [2.75, 3.05) is 20.6 Å². The molecule has 4 aliphatic rings. The highest BCUT2D eigenvalue weighted by molar-refractivity contribution is 5.09. The molecule has 4 fully saturated rings. The molecule has 9 atom stereocenters. The molecule has 162 valence electrons. The Kier molecular flexibility index (Phi) is 5.95. The molecule has 28 heavy (non-hydrogen) atoms. The van der Waals surface area contributed by atoms with E-state index >= 15 is 0 Å². The third kappa shape index (κ3) is 3.49. The van der Waals surface area contributed by atoms with E-state index in [0.29, 0.717) is 10.8 Å². The molecule has 4 rings (SSSR count). The van der Waals surface area contributed by atoms with Gasteiger partial charge < -0.3 is 10.0 Å². The Morgan fingerprint density at radius 2 is 1.64 bits per heavy atom. The molecule has 0 bridgehead atoms. The van der Waals surface area contributed by atoms with Crippen molar-refractivity contribution in [3.63, 3.8) is 0 Å².